The predicted molar refractivity (Wildman–Crippen MR) is 82.4 cm³/mol. The molecule has 1 aromatic carbocycles. The van der Waals surface area contributed by atoms with Crippen LogP contribution in [0.2, 0.25) is 5.02 Å². The topological polar surface area (TPSA) is 49.9 Å². The molecule has 1 aromatic rings. The highest BCUT2D eigenvalue weighted by Crippen LogP contribution is 2.24. The molecule has 2 aliphatic heterocycles. The molecule has 2 saturated heterocycles. The number of rotatable bonds is 3. The third-order valence-electron chi connectivity index (χ3n) is 4.20. The summed E-state index contributed by atoms with van der Waals surface area (Å²) in [6.07, 6.45) is 1.04. The fourth-order valence-electron chi connectivity index (χ4n) is 2.97. The summed E-state index contributed by atoms with van der Waals surface area (Å²) in [6.45, 7) is 2.82. The molecule has 0 saturated carbocycles. The lowest BCUT2D eigenvalue weighted by Gasteiger charge is -2.32. The molecule has 1 atom stereocenters. The molecular formula is C16H19ClN2O3. The number of benzene rings is 1. The van der Waals surface area contributed by atoms with Gasteiger partial charge >= 0.3 is 0 Å². The van der Waals surface area contributed by atoms with Gasteiger partial charge in [-0.25, -0.2) is 0 Å². The zero-order valence-electron chi connectivity index (χ0n) is 12.3. The van der Waals surface area contributed by atoms with E-state index >= 15 is 0 Å². The van der Waals surface area contributed by atoms with Crippen molar-refractivity contribution in [2.45, 2.75) is 25.4 Å². The molecular weight excluding hydrogens is 304 g/mol. The maximum absolute atomic E-state index is 12.7. The Kier molecular flexibility index (Phi) is 4.64. The van der Waals surface area contributed by atoms with Gasteiger partial charge in [-0.15, -0.1) is 0 Å². The predicted octanol–water partition coefficient (Wildman–Crippen LogP) is 1.69. The highest BCUT2D eigenvalue weighted by atomic mass is 35.5. The fraction of sp³-hybridized carbons (Fsp3) is 0.500. The number of halogens is 1. The van der Waals surface area contributed by atoms with Crippen LogP contribution in [0.3, 0.4) is 0 Å². The van der Waals surface area contributed by atoms with Crippen molar-refractivity contribution in [1.29, 1.82) is 0 Å². The molecule has 118 valence electrons. The first-order chi connectivity index (χ1) is 10.6. The average Bonchev–Trinajstić information content (AvgIpc) is 2.91. The fourth-order valence-corrected chi connectivity index (χ4v) is 3.10. The van der Waals surface area contributed by atoms with E-state index in [1.54, 1.807) is 17.0 Å². The molecule has 0 unspecified atom stereocenters. The lowest BCUT2D eigenvalue weighted by atomic mass is 10.1. The average molecular weight is 323 g/mol. The Hall–Kier alpha value is -1.59. The quantitative estimate of drug-likeness (QED) is 0.851. The Bertz CT molecular complexity index is 555. The van der Waals surface area contributed by atoms with E-state index < -0.39 is 0 Å². The second kappa shape index (κ2) is 6.67. The van der Waals surface area contributed by atoms with Crippen LogP contribution in [0.1, 0.15) is 18.4 Å². The summed E-state index contributed by atoms with van der Waals surface area (Å²) in [5.74, 6) is 0.0877. The normalized spacial score (nSPS) is 22.2. The zero-order valence-corrected chi connectivity index (χ0v) is 13.1. The second-order valence-electron chi connectivity index (χ2n) is 5.64. The summed E-state index contributed by atoms with van der Waals surface area (Å²) in [6, 6.07) is 7.04. The number of hydrogen-bond donors (Lipinski definition) is 0. The lowest BCUT2D eigenvalue weighted by molar-refractivity contribution is -0.144. The molecule has 22 heavy (non-hydrogen) atoms. The van der Waals surface area contributed by atoms with Gasteiger partial charge in [-0.1, -0.05) is 23.7 Å². The largest absolute Gasteiger partial charge is 0.378 e. The van der Waals surface area contributed by atoms with Gasteiger partial charge in [-0.3, -0.25) is 9.59 Å². The van der Waals surface area contributed by atoms with Gasteiger partial charge in [0.2, 0.25) is 11.8 Å². The number of likely N-dealkylation sites (tertiary alicyclic amines) is 1. The van der Waals surface area contributed by atoms with E-state index in [2.05, 4.69) is 0 Å². The molecule has 0 spiro atoms. The standard InChI is InChI=1S/C16H19ClN2O3/c17-13-3-1-12(2-4-13)11-19-14(5-6-15(19)20)16(21)18-7-9-22-10-8-18/h1-4,14H,5-11H2/t14-/m0/s1. The van der Waals surface area contributed by atoms with E-state index in [1.807, 2.05) is 17.0 Å². The molecule has 2 fully saturated rings. The van der Waals surface area contributed by atoms with Crippen molar-refractivity contribution in [2.24, 2.45) is 0 Å². The molecule has 0 aliphatic carbocycles. The van der Waals surface area contributed by atoms with Gasteiger partial charge in [0.05, 0.1) is 13.2 Å². The van der Waals surface area contributed by atoms with E-state index in [0.29, 0.717) is 50.7 Å². The summed E-state index contributed by atoms with van der Waals surface area (Å²) in [7, 11) is 0. The minimum atomic E-state index is -0.346. The van der Waals surface area contributed by atoms with Crippen LogP contribution in [0.15, 0.2) is 24.3 Å². The molecule has 3 rings (SSSR count). The molecule has 0 N–H and O–H groups in total. The number of nitrogens with zero attached hydrogens (tertiary/aromatic N) is 2. The van der Waals surface area contributed by atoms with Crippen LogP contribution >= 0.6 is 11.6 Å². The maximum atomic E-state index is 12.7. The van der Waals surface area contributed by atoms with E-state index in [9.17, 15) is 9.59 Å². The second-order valence-corrected chi connectivity index (χ2v) is 6.08. The highest BCUT2D eigenvalue weighted by molar-refractivity contribution is 6.30. The summed E-state index contributed by atoms with van der Waals surface area (Å²) < 4.78 is 5.28. The smallest absolute Gasteiger partial charge is 0.245 e. The molecule has 5 nitrogen and oxygen atoms in total. The molecule has 6 heteroatoms. The van der Waals surface area contributed by atoms with Gasteiger partial charge in [-0.2, -0.15) is 0 Å². The van der Waals surface area contributed by atoms with Crippen molar-refractivity contribution in [3.8, 4) is 0 Å². The number of ether oxygens (including phenoxy) is 1. The van der Waals surface area contributed by atoms with Gasteiger partial charge in [0, 0.05) is 31.1 Å². The van der Waals surface area contributed by atoms with Crippen LogP contribution < -0.4 is 0 Å². The summed E-state index contributed by atoms with van der Waals surface area (Å²) >= 11 is 5.88. The molecule has 2 aliphatic rings. The van der Waals surface area contributed by atoms with E-state index in [0.717, 1.165) is 5.56 Å². The SMILES string of the molecule is O=C([C@@H]1CCC(=O)N1Cc1ccc(Cl)cc1)N1CCOCC1. The van der Waals surface area contributed by atoms with Gasteiger partial charge in [0.25, 0.3) is 0 Å². The monoisotopic (exact) mass is 322 g/mol. The molecule has 2 amide bonds. The van der Waals surface area contributed by atoms with E-state index in [4.69, 9.17) is 16.3 Å². The van der Waals surface area contributed by atoms with Crippen molar-refractivity contribution in [1.82, 2.24) is 9.80 Å². The summed E-state index contributed by atoms with van der Waals surface area (Å²) in [4.78, 5) is 28.3. The van der Waals surface area contributed by atoms with Crippen LogP contribution in [0, 0.1) is 0 Å². The first-order valence-corrected chi connectivity index (χ1v) is 7.93. The Labute approximate surface area is 134 Å². The Morgan fingerprint density at radius 3 is 2.59 bits per heavy atom. The highest BCUT2D eigenvalue weighted by Gasteiger charge is 2.38. The number of hydrogen-bond acceptors (Lipinski definition) is 3. The van der Waals surface area contributed by atoms with Gasteiger partial charge in [0.15, 0.2) is 0 Å². The van der Waals surface area contributed by atoms with Gasteiger partial charge < -0.3 is 14.5 Å². The summed E-state index contributed by atoms with van der Waals surface area (Å²) in [5, 5.41) is 0.664. The first-order valence-electron chi connectivity index (χ1n) is 7.55. The third-order valence-corrected chi connectivity index (χ3v) is 4.45. The third kappa shape index (κ3) is 3.25. The number of carbonyl (C=O) groups excluding carboxylic acids is 2. The minimum absolute atomic E-state index is 0.0431. The van der Waals surface area contributed by atoms with Crippen LogP contribution in [-0.2, 0) is 20.9 Å². The molecule has 0 bridgehead atoms. The summed E-state index contributed by atoms with van der Waals surface area (Å²) in [5.41, 5.74) is 0.986. The van der Waals surface area contributed by atoms with Crippen molar-refractivity contribution in [2.75, 3.05) is 26.3 Å². The van der Waals surface area contributed by atoms with E-state index in [1.165, 1.54) is 0 Å². The Balaban J connectivity index is 1.71. The van der Waals surface area contributed by atoms with Crippen LogP contribution in [0.4, 0.5) is 0 Å². The molecule has 0 aromatic heterocycles. The van der Waals surface area contributed by atoms with Gasteiger partial charge in [0.1, 0.15) is 6.04 Å². The maximum Gasteiger partial charge on any atom is 0.245 e. The number of morpholine rings is 1. The van der Waals surface area contributed by atoms with Gasteiger partial charge in [-0.05, 0) is 24.1 Å². The van der Waals surface area contributed by atoms with Crippen LogP contribution in [0.25, 0.3) is 0 Å². The first kappa shape index (κ1) is 15.3. The Morgan fingerprint density at radius 2 is 1.91 bits per heavy atom. The Morgan fingerprint density at radius 1 is 1.23 bits per heavy atom. The van der Waals surface area contributed by atoms with Crippen molar-refractivity contribution in [3.05, 3.63) is 34.9 Å². The van der Waals surface area contributed by atoms with Crippen molar-refractivity contribution in [3.63, 3.8) is 0 Å². The van der Waals surface area contributed by atoms with Crippen LogP contribution in [0.5, 0.6) is 0 Å². The van der Waals surface area contributed by atoms with Crippen molar-refractivity contribution >= 4 is 23.4 Å². The number of amides is 2. The zero-order chi connectivity index (χ0) is 15.5. The van der Waals surface area contributed by atoms with E-state index in [-0.39, 0.29) is 17.9 Å². The van der Waals surface area contributed by atoms with Crippen molar-refractivity contribution < 1.29 is 14.3 Å². The number of carbonyl (C=O) groups is 2. The molecule has 2 heterocycles. The molecule has 0 radical (unpaired) electrons. The minimum Gasteiger partial charge on any atom is -0.378 e. The van der Waals surface area contributed by atoms with Crippen LogP contribution in [-0.4, -0.2) is 54.0 Å². The lowest BCUT2D eigenvalue weighted by Crippen LogP contribution is -2.50.